The van der Waals surface area contributed by atoms with Crippen LogP contribution in [-0.2, 0) is 9.84 Å². The van der Waals surface area contributed by atoms with Crippen molar-refractivity contribution in [3.63, 3.8) is 0 Å². The first kappa shape index (κ1) is 16.0. The van der Waals surface area contributed by atoms with Crippen molar-refractivity contribution in [2.45, 2.75) is 32.1 Å². The molecule has 0 saturated carbocycles. The van der Waals surface area contributed by atoms with Crippen molar-refractivity contribution < 1.29 is 18.3 Å². The Hall–Kier alpha value is -1.07. The lowest BCUT2D eigenvalue weighted by Crippen LogP contribution is -2.15. The summed E-state index contributed by atoms with van der Waals surface area (Å²) in [5.74, 6) is -1.16. The summed E-state index contributed by atoms with van der Waals surface area (Å²) in [4.78, 5) is 10.9. The second-order valence-electron chi connectivity index (χ2n) is 5.58. The van der Waals surface area contributed by atoms with Crippen molar-refractivity contribution in [1.82, 2.24) is 0 Å². The number of sulfone groups is 1. The minimum absolute atomic E-state index is 0.0131. The average molecular weight is 305 g/mol. The molecule has 0 fully saturated rings. The average Bonchev–Trinajstić information content (AvgIpc) is 2.25. The first-order chi connectivity index (χ1) is 8.53. The predicted molar refractivity (Wildman–Crippen MR) is 74.5 cm³/mol. The molecule has 6 heteroatoms. The zero-order chi connectivity index (χ0) is 14.8. The molecule has 1 aromatic carbocycles. The first-order valence-corrected chi connectivity index (χ1v) is 7.81. The zero-order valence-electron chi connectivity index (χ0n) is 11.1. The molecule has 0 spiro atoms. The van der Waals surface area contributed by atoms with Crippen LogP contribution in [0.2, 0.25) is 5.02 Å². The van der Waals surface area contributed by atoms with Gasteiger partial charge in [-0.2, -0.15) is 0 Å². The molecule has 0 aromatic heterocycles. The molecule has 1 rings (SSSR count). The van der Waals surface area contributed by atoms with Crippen molar-refractivity contribution in [1.29, 1.82) is 0 Å². The minimum atomic E-state index is -3.44. The molecule has 0 unspecified atom stereocenters. The van der Waals surface area contributed by atoms with Gasteiger partial charge in [0.1, 0.15) is 0 Å². The predicted octanol–water partition coefficient (Wildman–Crippen LogP) is 3.25. The molecular formula is C13H17ClO4S. The number of halogens is 1. The molecule has 0 aliphatic carbocycles. The van der Waals surface area contributed by atoms with Gasteiger partial charge in [0.05, 0.1) is 21.2 Å². The fourth-order valence-corrected chi connectivity index (χ4v) is 3.44. The number of carboxylic acid groups (broad SMARTS) is 1. The van der Waals surface area contributed by atoms with E-state index in [1.165, 1.54) is 18.2 Å². The fraction of sp³-hybridized carbons (Fsp3) is 0.462. The highest BCUT2D eigenvalue weighted by Gasteiger charge is 2.21. The third kappa shape index (κ3) is 4.51. The molecule has 0 amide bonds. The largest absolute Gasteiger partial charge is 0.478 e. The van der Waals surface area contributed by atoms with Crippen LogP contribution in [0.3, 0.4) is 0 Å². The highest BCUT2D eigenvalue weighted by atomic mass is 35.5. The molecule has 0 radical (unpaired) electrons. The van der Waals surface area contributed by atoms with E-state index < -0.39 is 15.8 Å². The quantitative estimate of drug-likeness (QED) is 0.927. The molecule has 0 aliphatic rings. The van der Waals surface area contributed by atoms with Crippen molar-refractivity contribution >= 4 is 27.4 Å². The minimum Gasteiger partial charge on any atom is -0.478 e. The van der Waals surface area contributed by atoms with Crippen LogP contribution in [-0.4, -0.2) is 25.2 Å². The van der Waals surface area contributed by atoms with Gasteiger partial charge >= 0.3 is 5.97 Å². The van der Waals surface area contributed by atoms with E-state index in [9.17, 15) is 13.2 Å². The molecule has 0 atom stereocenters. The summed E-state index contributed by atoms with van der Waals surface area (Å²) in [7, 11) is -3.44. The second kappa shape index (κ2) is 5.51. The monoisotopic (exact) mass is 304 g/mol. The van der Waals surface area contributed by atoms with Crippen LogP contribution in [0.5, 0.6) is 0 Å². The standard InChI is InChI=1S/C13H17ClO4S/c1-13(2,3)6-7-19(17,18)9-4-5-10(12(15)16)11(14)8-9/h4-5,8H,6-7H2,1-3H3,(H,15,16). The molecule has 0 heterocycles. The lowest BCUT2D eigenvalue weighted by atomic mass is 9.94. The van der Waals surface area contributed by atoms with Crippen LogP contribution in [0, 0.1) is 5.41 Å². The van der Waals surface area contributed by atoms with E-state index in [1.54, 1.807) is 0 Å². The van der Waals surface area contributed by atoms with Gasteiger partial charge in [0, 0.05) is 0 Å². The number of aromatic carboxylic acids is 1. The maximum absolute atomic E-state index is 12.1. The van der Waals surface area contributed by atoms with Crippen LogP contribution in [0.25, 0.3) is 0 Å². The summed E-state index contributed by atoms with van der Waals surface area (Å²) in [6.45, 7) is 5.88. The maximum Gasteiger partial charge on any atom is 0.337 e. The molecular weight excluding hydrogens is 288 g/mol. The van der Waals surface area contributed by atoms with Crippen molar-refractivity contribution in [3.05, 3.63) is 28.8 Å². The van der Waals surface area contributed by atoms with Gasteiger partial charge in [-0.25, -0.2) is 13.2 Å². The SMILES string of the molecule is CC(C)(C)CCS(=O)(=O)c1ccc(C(=O)O)c(Cl)c1. The third-order valence-corrected chi connectivity index (χ3v) is 4.68. The van der Waals surface area contributed by atoms with Crippen molar-refractivity contribution in [3.8, 4) is 0 Å². The summed E-state index contributed by atoms with van der Waals surface area (Å²) in [5, 5.41) is 8.77. The highest BCUT2D eigenvalue weighted by molar-refractivity contribution is 7.91. The number of rotatable bonds is 4. The molecule has 19 heavy (non-hydrogen) atoms. The van der Waals surface area contributed by atoms with Gasteiger partial charge in [0.15, 0.2) is 9.84 Å². The smallest absolute Gasteiger partial charge is 0.337 e. The van der Waals surface area contributed by atoms with Crippen molar-refractivity contribution in [2.24, 2.45) is 5.41 Å². The summed E-state index contributed by atoms with van der Waals surface area (Å²) in [5.41, 5.74) is -0.186. The summed E-state index contributed by atoms with van der Waals surface area (Å²) in [6, 6.07) is 3.70. The van der Waals surface area contributed by atoms with Gasteiger partial charge in [-0.15, -0.1) is 0 Å². The maximum atomic E-state index is 12.1. The van der Waals surface area contributed by atoms with Crippen LogP contribution >= 0.6 is 11.6 Å². The van der Waals surface area contributed by atoms with E-state index in [0.29, 0.717) is 6.42 Å². The van der Waals surface area contributed by atoms with E-state index in [2.05, 4.69) is 0 Å². The highest BCUT2D eigenvalue weighted by Crippen LogP contribution is 2.25. The molecule has 4 nitrogen and oxygen atoms in total. The van der Waals surface area contributed by atoms with Gasteiger partial charge < -0.3 is 5.11 Å². The number of hydrogen-bond acceptors (Lipinski definition) is 3. The van der Waals surface area contributed by atoms with Gasteiger partial charge in [-0.05, 0) is 30.0 Å². The lowest BCUT2D eigenvalue weighted by Gasteiger charge is -2.17. The molecule has 1 N–H and O–H groups in total. The Kier molecular flexibility index (Phi) is 4.63. The van der Waals surface area contributed by atoms with Gasteiger partial charge in [0.25, 0.3) is 0 Å². The molecule has 106 valence electrons. The zero-order valence-corrected chi connectivity index (χ0v) is 12.7. The van der Waals surface area contributed by atoms with E-state index in [4.69, 9.17) is 16.7 Å². The molecule has 0 bridgehead atoms. The third-order valence-electron chi connectivity index (χ3n) is 2.65. The summed E-state index contributed by atoms with van der Waals surface area (Å²) >= 11 is 5.78. The Balaban J connectivity index is 3.03. The fourth-order valence-electron chi connectivity index (χ4n) is 1.42. The normalized spacial score (nSPS) is 12.4. The summed E-state index contributed by atoms with van der Waals surface area (Å²) in [6.07, 6.45) is 0.521. The van der Waals surface area contributed by atoms with Crippen LogP contribution < -0.4 is 0 Å². The van der Waals surface area contributed by atoms with Crippen LogP contribution in [0.1, 0.15) is 37.6 Å². The van der Waals surface area contributed by atoms with E-state index in [1.807, 2.05) is 20.8 Å². The Morgan fingerprint density at radius 1 is 1.32 bits per heavy atom. The van der Waals surface area contributed by atoms with Crippen molar-refractivity contribution in [2.75, 3.05) is 5.75 Å². The van der Waals surface area contributed by atoms with Crippen LogP contribution in [0.4, 0.5) is 0 Å². The Morgan fingerprint density at radius 3 is 2.32 bits per heavy atom. The number of hydrogen-bond donors (Lipinski definition) is 1. The molecule has 0 saturated heterocycles. The van der Waals surface area contributed by atoms with E-state index in [-0.39, 0.29) is 26.6 Å². The lowest BCUT2D eigenvalue weighted by molar-refractivity contribution is 0.0697. The first-order valence-electron chi connectivity index (χ1n) is 5.78. The number of benzene rings is 1. The van der Waals surface area contributed by atoms with E-state index >= 15 is 0 Å². The van der Waals surface area contributed by atoms with Gasteiger partial charge in [0.2, 0.25) is 0 Å². The summed E-state index contributed by atoms with van der Waals surface area (Å²) < 4.78 is 24.2. The number of carboxylic acids is 1. The van der Waals surface area contributed by atoms with Crippen LogP contribution in [0.15, 0.2) is 23.1 Å². The second-order valence-corrected chi connectivity index (χ2v) is 8.09. The van der Waals surface area contributed by atoms with Gasteiger partial charge in [-0.1, -0.05) is 32.4 Å². The topological polar surface area (TPSA) is 71.4 Å². The van der Waals surface area contributed by atoms with Gasteiger partial charge in [-0.3, -0.25) is 0 Å². The molecule has 1 aromatic rings. The Labute approximate surface area is 118 Å². The number of carbonyl (C=O) groups is 1. The molecule has 0 aliphatic heterocycles. The Bertz CT molecular complexity index is 585. The van der Waals surface area contributed by atoms with E-state index in [0.717, 1.165) is 0 Å². The Morgan fingerprint density at radius 2 is 1.89 bits per heavy atom.